The van der Waals surface area contributed by atoms with E-state index >= 15 is 0 Å². The normalized spacial score (nSPS) is 17.7. The van der Waals surface area contributed by atoms with Crippen LogP contribution in [-0.4, -0.2) is 32.1 Å². The van der Waals surface area contributed by atoms with E-state index in [1.807, 2.05) is 0 Å². The van der Waals surface area contributed by atoms with Crippen LogP contribution in [-0.2, 0) is 0 Å². The maximum atomic E-state index is 13.4. The second kappa shape index (κ2) is 6.68. The summed E-state index contributed by atoms with van der Waals surface area (Å²) in [5.41, 5.74) is -0.0438. The van der Waals surface area contributed by atoms with Gasteiger partial charge >= 0.3 is 0 Å². The minimum Gasteiger partial charge on any atom is -0.491 e. The molecule has 1 fully saturated rings. The van der Waals surface area contributed by atoms with E-state index in [2.05, 4.69) is 15.4 Å². The Morgan fingerprint density at radius 1 is 1.42 bits per heavy atom. The van der Waals surface area contributed by atoms with Crippen LogP contribution in [0.2, 0.25) is 0 Å². The zero-order chi connectivity index (χ0) is 13.1. The summed E-state index contributed by atoms with van der Waals surface area (Å²) < 4.78 is 31.4. The predicted octanol–water partition coefficient (Wildman–Crippen LogP) is 1.49. The monoisotopic (exact) mass is 292 g/mol. The number of amides is 1. The maximum absolute atomic E-state index is 13.4. The van der Waals surface area contributed by atoms with E-state index < -0.39 is 23.3 Å². The molecule has 1 aliphatic rings. The molecule has 1 aliphatic heterocycles. The summed E-state index contributed by atoms with van der Waals surface area (Å²) in [4.78, 5) is 11.8. The smallest absolute Gasteiger partial charge is 0.251 e. The topological polar surface area (TPSA) is 50.4 Å². The lowest BCUT2D eigenvalue weighted by Crippen LogP contribution is -2.36. The van der Waals surface area contributed by atoms with Gasteiger partial charge in [0.2, 0.25) is 0 Å². The number of hydrogen-bond donors (Lipinski definition) is 2. The zero-order valence-corrected chi connectivity index (χ0v) is 11.2. The molecule has 0 saturated carbocycles. The van der Waals surface area contributed by atoms with E-state index in [1.165, 1.54) is 7.11 Å². The molecule has 1 unspecified atom stereocenters. The van der Waals surface area contributed by atoms with Gasteiger partial charge in [0.15, 0.2) is 17.4 Å². The maximum Gasteiger partial charge on any atom is 0.251 e. The molecular weight excluding hydrogens is 278 g/mol. The highest BCUT2D eigenvalue weighted by Crippen LogP contribution is 2.22. The average Bonchev–Trinajstić information content (AvgIpc) is 2.81. The molecule has 1 amide bonds. The van der Waals surface area contributed by atoms with Gasteiger partial charge in [0.25, 0.3) is 5.91 Å². The second-order valence-corrected chi connectivity index (χ2v) is 4.14. The van der Waals surface area contributed by atoms with Crippen molar-refractivity contribution in [2.75, 3.05) is 20.2 Å². The first-order valence-electron chi connectivity index (χ1n) is 5.66. The van der Waals surface area contributed by atoms with Crippen LogP contribution in [0.15, 0.2) is 12.1 Å². The molecule has 2 rings (SSSR count). The fourth-order valence-electron chi connectivity index (χ4n) is 1.93. The van der Waals surface area contributed by atoms with Gasteiger partial charge in [0, 0.05) is 18.2 Å². The van der Waals surface area contributed by atoms with Crippen LogP contribution in [0, 0.1) is 11.6 Å². The first-order valence-corrected chi connectivity index (χ1v) is 5.66. The summed E-state index contributed by atoms with van der Waals surface area (Å²) in [7, 11) is 1.17. The Morgan fingerprint density at radius 3 is 2.53 bits per heavy atom. The van der Waals surface area contributed by atoms with Crippen molar-refractivity contribution in [2.24, 2.45) is 0 Å². The molecule has 106 valence electrons. The van der Waals surface area contributed by atoms with Crippen molar-refractivity contribution in [1.82, 2.24) is 10.6 Å². The van der Waals surface area contributed by atoms with Gasteiger partial charge < -0.3 is 15.4 Å². The molecule has 7 heteroatoms. The largest absolute Gasteiger partial charge is 0.491 e. The van der Waals surface area contributed by atoms with Crippen LogP contribution >= 0.6 is 12.4 Å². The van der Waals surface area contributed by atoms with Gasteiger partial charge in [-0.1, -0.05) is 0 Å². The van der Waals surface area contributed by atoms with Gasteiger partial charge in [-0.2, -0.15) is 0 Å². The molecule has 1 heterocycles. The van der Waals surface area contributed by atoms with Crippen molar-refractivity contribution in [2.45, 2.75) is 12.5 Å². The van der Waals surface area contributed by atoms with Crippen LogP contribution in [0.4, 0.5) is 8.78 Å². The Balaban J connectivity index is 0.00000180. The van der Waals surface area contributed by atoms with E-state index in [-0.39, 0.29) is 24.0 Å². The van der Waals surface area contributed by atoms with Gasteiger partial charge in [-0.15, -0.1) is 12.4 Å². The van der Waals surface area contributed by atoms with Gasteiger partial charge in [-0.3, -0.25) is 4.79 Å². The third-order valence-electron chi connectivity index (χ3n) is 2.86. The average molecular weight is 293 g/mol. The van der Waals surface area contributed by atoms with Crippen LogP contribution in [0.3, 0.4) is 0 Å². The Hall–Kier alpha value is -1.40. The lowest BCUT2D eigenvalue weighted by Gasteiger charge is -2.12. The minimum absolute atomic E-state index is 0. The third kappa shape index (κ3) is 3.54. The van der Waals surface area contributed by atoms with E-state index in [0.717, 1.165) is 25.1 Å². The van der Waals surface area contributed by atoms with Crippen molar-refractivity contribution in [3.8, 4) is 5.75 Å². The summed E-state index contributed by atoms with van der Waals surface area (Å²) in [6, 6.07) is 1.95. The van der Waals surface area contributed by atoms with Crippen molar-refractivity contribution >= 4 is 18.3 Å². The van der Waals surface area contributed by atoms with Crippen molar-refractivity contribution in [3.63, 3.8) is 0 Å². The molecule has 1 saturated heterocycles. The minimum atomic E-state index is -0.882. The lowest BCUT2D eigenvalue weighted by molar-refractivity contribution is 0.0939. The van der Waals surface area contributed by atoms with Gasteiger partial charge in [0.05, 0.1) is 7.11 Å². The standard InChI is InChI=1S/C12H14F2N2O2.ClH/c1-18-11-9(13)4-7(5-10(11)14)12(17)16-8-2-3-15-6-8;/h4-5,8,15H,2-3,6H2,1H3,(H,16,17);1H. The summed E-state index contributed by atoms with van der Waals surface area (Å²) >= 11 is 0. The molecule has 0 spiro atoms. The first kappa shape index (κ1) is 15.7. The summed E-state index contributed by atoms with van der Waals surface area (Å²) in [5.74, 6) is -2.72. The van der Waals surface area contributed by atoms with E-state index in [0.29, 0.717) is 6.54 Å². The number of methoxy groups -OCH3 is 1. The summed E-state index contributed by atoms with van der Waals surface area (Å²) in [5, 5.41) is 5.80. The van der Waals surface area contributed by atoms with E-state index in [1.54, 1.807) is 0 Å². The highest BCUT2D eigenvalue weighted by Gasteiger charge is 2.20. The number of ether oxygens (including phenoxy) is 1. The predicted molar refractivity (Wildman–Crippen MR) is 68.9 cm³/mol. The first-order chi connectivity index (χ1) is 8.61. The lowest BCUT2D eigenvalue weighted by atomic mass is 10.1. The van der Waals surface area contributed by atoms with Gasteiger partial charge in [0.1, 0.15) is 0 Å². The number of hydrogen-bond acceptors (Lipinski definition) is 3. The number of rotatable bonds is 3. The fourth-order valence-corrected chi connectivity index (χ4v) is 1.93. The van der Waals surface area contributed by atoms with E-state index in [4.69, 9.17) is 0 Å². The molecule has 0 bridgehead atoms. The molecule has 0 radical (unpaired) electrons. The Morgan fingerprint density at radius 2 is 2.05 bits per heavy atom. The second-order valence-electron chi connectivity index (χ2n) is 4.14. The summed E-state index contributed by atoms with van der Waals surface area (Å²) in [6.45, 7) is 1.50. The number of benzene rings is 1. The molecule has 1 aromatic carbocycles. The SMILES string of the molecule is COc1c(F)cc(C(=O)NC2CCNC2)cc1F.Cl. The Labute approximate surface area is 115 Å². The quantitative estimate of drug-likeness (QED) is 0.887. The van der Waals surface area contributed by atoms with Crippen molar-refractivity contribution in [1.29, 1.82) is 0 Å². The van der Waals surface area contributed by atoms with Crippen LogP contribution in [0.25, 0.3) is 0 Å². The Bertz CT molecular complexity index is 442. The number of halogens is 3. The van der Waals surface area contributed by atoms with Gasteiger partial charge in [-0.25, -0.2) is 8.78 Å². The van der Waals surface area contributed by atoms with Crippen molar-refractivity contribution in [3.05, 3.63) is 29.3 Å². The molecule has 19 heavy (non-hydrogen) atoms. The number of carbonyl (C=O) groups is 1. The molecule has 0 aliphatic carbocycles. The molecule has 1 atom stereocenters. The highest BCUT2D eigenvalue weighted by molar-refractivity contribution is 5.94. The molecule has 0 aromatic heterocycles. The number of carbonyl (C=O) groups excluding carboxylic acids is 1. The Kier molecular flexibility index (Phi) is 5.50. The molecule has 4 nitrogen and oxygen atoms in total. The molecular formula is C12H15ClF2N2O2. The summed E-state index contributed by atoms with van der Waals surface area (Å²) in [6.07, 6.45) is 0.812. The number of nitrogens with one attached hydrogen (secondary N) is 2. The van der Waals surface area contributed by atoms with E-state index in [9.17, 15) is 13.6 Å². The molecule has 2 N–H and O–H groups in total. The fraction of sp³-hybridized carbons (Fsp3) is 0.417. The van der Waals surface area contributed by atoms with Gasteiger partial charge in [-0.05, 0) is 25.1 Å². The third-order valence-corrected chi connectivity index (χ3v) is 2.86. The van der Waals surface area contributed by atoms with Crippen LogP contribution < -0.4 is 15.4 Å². The highest BCUT2D eigenvalue weighted by atomic mass is 35.5. The zero-order valence-electron chi connectivity index (χ0n) is 10.3. The van der Waals surface area contributed by atoms with Crippen molar-refractivity contribution < 1.29 is 18.3 Å². The molecule has 1 aromatic rings. The van der Waals surface area contributed by atoms with Crippen LogP contribution in [0.1, 0.15) is 16.8 Å². The van der Waals surface area contributed by atoms with Crippen LogP contribution in [0.5, 0.6) is 5.75 Å².